The number of nitrogens with zero attached hydrogens (tertiary/aromatic N) is 1. The van der Waals surface area contributed by atoms with Gasteiger partial charge >= 0.3 is 8.05 Å². The molecular formula is C7H14BNO4. The molecule has 74 valence electrons. The van der Waals surface area contributed by atoms with Crippen LogP contribution in [0.3, 0.4) is 0 Å². The van der Waals surface area contributed by atoms with Gasteiger partial charge in [-0.05, 0) is 0 Å². The third kappa shape index (κ3) is 6.30. The molecule has 0 fully saturated rings. The minimum atomic E-state index is -0.447. The summed E-state index contributed by atoms with van der Waals surface area (Å²) in [6.07, 6.45) is 1.33. The Hall–Kier alpha value is -0.875. The lowest BCUT2D eigenvalue weighted by Crippen LogP contribution is -2.14. The maximum absolute atomic E-state index is 10.6. The molecule has 0 amide bonds. The van der Waals surface area contributed by atoms with Crippen molar-refractivity contribution >= 4 is 20.2 Å². The second-order valence-corrected chi connectivity index (χ2v) is 2.22. The maximum atomic E-state index is 10.6. The second-order valence-electron chi connectivity index (χ2n) is 2.22. The Kier molecular flexibility index (Phi) is 7.24. The SMILES string of the molecule is BOC(=O)CC/N=C/C(OC)OC. The van der Waals surface area contributed by atoms with E-state index in [4.69, 9.17) is 9.47 Å². The van der Waals surface area contributed by atoms with Crippen molar-refractivity contribution in [3.63, 3.8) is 0 Å². The van der Waals surface area contributed by atoms with Gasteiger partial charge in [-0.15, -0.1) is 0 Å². The van der Waals surface area contributed by atoms with Crippen LogP contribution in [0.5, 0.6) is 0 Å². The minimum Gasteiger partial charge on any atom is -0.543 e. The molecule has 0 heterocycles. The van der Waals surface area contributed by atoms with E-state index in [2.05, 4.69) is 9.65 Å². The van der Waals surface area contributed by atoms with E-state index in [1.807, 2.05) is 0 Å². The van der Waals surface area contributed by atoms with Gasteiger partial charge in [0.25, 0.3) is 5.97 Å². The van der Waals surface area contributed by atoms with Crippen molar-refractivity contribution in [2.45, 2.75) is 12.7 Å². The molecule has 5 nitrogen and oxygen atoms in total. The number of methoxy groups -OCH3 is 2. The Balaban J connectivity index is 3.55. The normalized spacial score (nSPS) is 11.0. The standard InChI is InChI=1S/C7H14BNO4/c1-11-7(12-2)5-9-4-3-6(10)13-8/h5,7H,3-4,8H2,1-2H3/b9-5+. The third-order valence-corrected chi connectivity index (χ3v) is 1.36. The minimum absolute atomic E-state index is 0.271. The molecule has 0 aromatic rings. The van der Waals surface area contributed by atoms with Crippen molar-refractivity contribution in [1.82, 2.24) is 0 Å². The molecule has 0 saturated carbocycles. The number of carbonyl (C=O) groups is 1. The van der Waals surface area contributed by atoms with Crippen molar-refractivity contribution in [3.05, 3.63) is 0 Å². The summed E-state index contributed by atoms with van der Waals surface area (Å²) in [6, 6.07) is 0. The molecule has 0 N–H and O–H groups in total. The van der Waals surface area contributed by atoms with Gasteiger partial charge in [0.15, 0.2) is 6.29 Å². The van der Waals surface area contributed by atoms with E-state index >= 15 is 0 Å². The lowest BCUT2D eigenvalue weighted by molar-refractivity contribution is -0.133. The van der Waals surface area contributed by atoms with Crippen LogP contribution < -0.4 is 0 Å². The molecule has 0 rings (SSSR count). The summed E-state index contributed by atoms with van der Waals surface area (Å²) in [6.45, 7) is 0.385. The Labute approximate surface area is 78.5 Å². The molecule has 0 aliphatic rings. The van der Waals surface area contributed by atoms with E-state index in [1.54, 1.807) is 0 Å². The van der Waals surface area contributed by atoms with Crippen LogP contribution in [0.1, 0.15) is 6.42 Å². The van der Waals surface area contributed by atoms with Crippen LogP contribution >= 0.6 is 0 Å². The number of rotatable bonds is 6. The second kappa shape index (κ2) is 7.76. The van der Waals surface area contributed by atoms with Crippen molar-refractivity contribution in [1.29, 1.82) is 0 Å². The summed E-state index contributed by atoms with van der Waals surface area (Å²) in [5.41, 5.74) is 0. The first-order valence-electron chi connectivity index (χ1n) is 3.87. The summed E-state index contributed by atoms with van der Waals surface area (Å²) < 4.78 is 14.1. The lowest BCUT2D eigenvalue weighted by atomic mass is 10.4. The smallest absolute Gasteiger partial charge is 0.325 e. The summed E-state index contributed by atoms with van der Waals surface area (Å²) in [5, 5.41) is 0. The monoisotopic (exact) mass is 187 g/mol. The van der Waals surface area contributed by atoms with E-state index in [-0.39, 0.29) is 12.4 Å². The van der Waals surface area contributed by atoms with Crippen LogP contribution in [0.4, 0.5) is 0 Å². The quantitative estimate of drug-likeness (QED) is 0.309. The molecule has 0 aromatic carbocycles. The molecule has 13 heavy (non-hydrogen) atoms. The molecule has 0 aliphatic heterocycles. The number of carbonyl (C=O) groups excluding carboxylic acids is 1. The van der Waals surface area contributed by atoms with E-state index in [0.29, 0.717) is 6.54 Å². The Morgan fingerprint density at radius 3 is 2.62 bits per heavy atom. The average molecular weight is 187 g/mol. The zero-order valence-electron chi connectivity index (χ0n) is 8.15. The first-order valence-corrected chi connectivity index (χ1v) is 3.87. The predicted octanol–water partition coefficient (Wildman–Crippen LogP) is -0.842. The van der Waals surface area contributed by atoms with Gasteiger partial charge < -0.3 is 14.1 Å². The van der Waals surface area contributed by atoms with Crippen molar-refractivity contribution in [3.8, 4) is 0 Å². The molecule has 0 bridgehead atoms. The van der Waals surface area contributed by atoms with Gasteiger partial charge in [-0.1, -0.05) is 0 Å². The summed E-state index contributed by atoms with van der Waals surface area (Å²) in [4.78, 5) is 14.6. The molecule has 0 saturated heterocycles. The van der Waals surface area contributed by atoms with E-state index < -0.39 is 6.29 Å². The Morgan fingerprint density at radius 1 is 1.54 bits per heavy atom. The first kappa shape index (κ1) is 12.1. The molecular weight excluding hydrogens is 173 g/mol. The van der Waals surface area contributed by atoms with Gasteiger partial charge in [-0.3, -0.25) is 9.79 Å². The van der Waals surface area contributed by atoms with Gasteiger partial charge in [0.05, 0.1) is 12.6 Å². The largest absolute Gasteiger partial charge is 0.543 e. The van der Waals surface area contributed by atoms with Gasteiger partial charge in [-0.25, -0.2) is 0 Å². The van der Waals surface area contributed by atoms with E-state index in [1.165, 1.54) is 28.5 Å². The third-order valence-electron chi connectivity index (χ3n) is 1.36. The zero-order chi connectivity index (χ0) is 10.1. The van der Waals surface area contributed by atoms with E-state index in [9.17, 15) is 4.79 Å². The number of hydrogen-bond donors (Lipinski definition) is 0. The van der Waals surface area contributed by atoms with Crippen molar-refractivity contribution in [2.24, 2.45) is 4.99 Å². The van der Waals surface area contributed by atoms with Crippen LogP contribution in [0.15, 0.2) is 4.99 Å². The van der Waals surface area contributed by atoms with Crippen LogP contribution in [0.2, 0.25) is 0 Å². The lowest BCUT2D eigenvalue weighted by Gasteiger charge is -2.06. The molecule has 6 heteroatoms. The van der Waals surface area contributed by atoms with Gasteiger partial charge in [0.2, 0.25) is 0 Å². The molecule has 0 aromatic heterocycles. The zero-order valence-corrected chi connectivity index (χ0v) is 8.15. The highest BCUT2D eigenvalue weighted by atomic mass is 16.7. The molecule has 0 radical (unpaired) electrons. The van der Waals surface area contributed by atoms with Gasteiger partial charge in [0, 0.05) is 20.8 Å². The highest BCUT2D eigenvalue weighted by molar-refractivity contribution is 6.05. The average Bonchev–Trinajstić information content (AvgIpc) is 2.18. The van der Waals surface area contributed by atoms with Crippen LogP contribution in [0.25, 0.3) is 0 Å². The molecule has 0 atom stereocenters. The van der Waals surface area contributed by atoms with Crippen molar-refractivity contribution < 1.29 is 18.9 Å². The maximum Gasteiger partial charge on any atom is 0.325 e. The fourth-order valence-corrected chi connectivity index (χ4v) is 0.636. The Bertz CT molecular complexity index is 170. The first-order chi connectivity index (χ1) is 6.24. The fraction of sp³-hybridized carbons (Fsp3) is 0.714. The summed E-state index contributed by atoms with van der Waals surface area (Å²) in [5.74, 6) is -0.275. The molecule has 0 unspecified atom stereocenters. The van der Waals surface area contributed by atoms with Crippen LogP contribution in [-0.4, -0.2) is 47.3 Å². The highest BCUT2D eigenvalue weighted by Crippen LogP contribution is 1.88. The predicted molar refractivity (Wildman–Crippen MR) is 50.4 cm³/mol. The fourth-order valence-electron chi connectivity index (χ4n) is 0.636. The van der Waals surface area contributed by atoms with Gasteiger partial charge in [-0.2, -0.15) is 0 Å². The molecule has 0 aliphatic carbocycles. The Morgan fingerprint density at radius 2 is 2.15 bits per heavy atom. The highest BCUT2D eigenvalue weighted by Gasteiger charge is 1.99. The summed E-state index contributed by atoms with van der Waals surface area (Å²) in [7, 11) is 4.38. The van der Waals surface area contributed by atoms with Crippen LogP contribution in [0, 0.1) is 0 Å². The van der Waals surface area contributed by atoms with E-state index in [0.717, 1.165) is 0 Å². The van der Waals surface area contributed by atoms with Gasteiger partial charge in [0.1, 0.15) is 0 Å². The number of ether oxygens (including phenoxy) is 2. The molecule has 0 spiro atoms. The summed E-state index contributed by atoms with van der Waals surface area (Å²) >= 11 is 0. The number of aliphatic imine (C=N–C) groups is 1. The number of hydrogen-bond acceptors (Lipinski definition) is 5. The van der Waals surface area contributed by atoms with Crippen LogP contribution in [-0.2, 0) is 18.9 Å². The van der Waals surface area contributed by atoms with Crippen molar-refractivity contribution in [2.75, 3.05) is 20.8 Å². The topological polar surface area (TPSA) is 57.1 Å².